The van der Waals surface area contributed by atoms with Gasteiger partial charge < -0.3 is 5.32 Å². The van der Waals surface area contributed by atoms with Crippen LogP contribution >= 0.6 is 0 Å². The number of carbonyl (C=O) groups is 1. The van der Waals surface area contributed by atoms with Crippen LogP contribution in [0.4, 0.5) is 29.1 Å². The van der Waals surface area contributed by atoms with Gasteiger partial charge in [0.05, 0.1) is 24.0 Å². The molecule has 1 aliphatic carbocycles. The molecule has 1 aliphatic rings. The van der Waals surface area contributed by atoms with Gasteiger partial charge in [-0.25, -0.2) is 27.5 Å². The van der Waals surface area contributed by atoms with Crippen molar-refractivity contribution < 1.29 is 22.4 Å². The topological polar surface area (TPSA) is 84.3 Å². The van der Waals surface area contributed by atoms with Crippen molar-refractivity contribution in [3.8, 4) is 11.3 Å². The Labute approximate surface area is 212 Å². The number of anilines is 1. The number of hydrogen-bond acceptors (Lipinski definition) is 5. The van der Waals surface area contributed by atoms with Gasteiger partial charge in [0.25, 0.3) is 0 Å². The van der Waals surface area contributed by atoms with Crippen molar-refractivity contribution in [1.29, 1.82) is 0 Å². The van der Waals surface area contributed by atoms with Crippen molar-refractivity contribution in [1.82, 2.24) is 9.97 Å². The van der Waals surface area contributed by atoms with Gasteiger partial charge in [-0.2, -0.15) is 0 Å². The fraction of sp³-hybridized carbons (Fsp3) is 0.370. The van der Waals surface area contributed by atoms with Crippen LogP contribution in [0, 0.1) is 35.1 Å². The normalized spacial score (nSPS) is 13.5. The maximum Gasteiger partial charge on any atom is 0.230 e. The van der Waals surface area contributed by atoms with Crippen molar-refractivity contribution in [3.63, 3.8) is 0 Å². The van der Waals surface area contributed by atoms with Crippen LogP contribution in [0.5, 0.6) is 0 Å². The molecular formula is C27H28F4N4O2. The zero-order chi connectivity index (χ0) is 27.1. The molecule has 1 heterocycles. The van der Waals surface area contributed by atoms with E-state index in [1.165, 1.54) is 6.20 Å². The van der Waals surface area contributed by atoms with Crippen molar-refractivity contribution in [2.75, 3.05) is 5.32 Å². The van der Waals surface area contributed by atoms with Crippen molar-refractivity contribution in [2.45, 2.75) is 65.2 Å². The number of carbonyl (C=O) groups excluding carboxylic acids is 1. The summed E-state index contributed by atoms with van der Waals surface area (Å²) >= 11 is 0. The van der Waals surface area contributed by atoms with Gasteiger partial charge in [0.2, 0.25) is 5.91 Å². The van der Waals surface area contributed by atoms with E-state index in [-0.39, 0.29) is 17.4 Å². The lowest BCUT2D eigenvalue weighted by Crippen LogP contribution is -2.21. The van der Waals surface area contributed by atoms with E-state index in [2.05, 4.69) is 15.5 Å². The summed E-state index contributed by atoms with van der Waals surface area (Å²) in [6.07, 6.45) is 5.50. The lowest BCUT2D eigenvalue weighted by molar-refractivity contribution is -0.115. The molecule has 2 aromatic carbocycles. The minimum absolute atomic E-state index is 0.0293. The molecule has 1 aromatic heterocycles. The van der Waals surface area contributed by atoms with Crippen LogP contribution in [0.2, 0.25) is 0 Å². The summed E-state index contributed by atoms with van der Waals surface area (Å²) in [6.45, 7) is 5.08. The molecule has 1 saturated carbocycles. The Kier molecular flexibility index (Phi) is 9.43. The maximum absolute atomic E-state index is 14.3. The van der Waals surface area contributed by atoms with Crippen LogP contribution in [-0.2, 0) is 11.2 Å². The van der Waals surface area contributed by atoms with Gasteiger partial charge in [-0.1, -0.05) is 45.2 Å². The van der Waals surface area contributed by atoms with Crippen molar-refractivity contribution in [3.05, 3.63) is 75.5 Å². The molecule has 0 aliphatic heterocycles. The molecule has 37 heavy (non-hydrogen) atoms. The second kappa shape index (κ2) is 12.5. The summed E-state index contributed by atoms with van der Waals surface area (Å²) in [5, 5.41) is 5.46. The van der Waals surface area contributed by atoms with E-state index in [4.69, 9.17) is 4.98 Å². The zero-order valence-corrected chi connectivity index (χ0v) is 20.9. The number of halogens is 4. The SMILES string of the molecule is CC.Cc1c(F)c(F)c(F)c(F)c1CC(=O)Nc1ncc(-c2ccc(N=O)cc2)nc1C1CCCCC1. The third-order valence-corrected chi connectivity index (χ3v) is 6.28. The minimum atomic E-state index is -1.96. The maximum atomic E-state index is 14.3. The average Bonchev–Trinajstić information content (AvgIpc) is 2.95. The Bertz CT molecular complexity index is 1250. The van der Waals surface area contributed by atoms with Gasteiger partial charge in [0.15, 0.2) is 29.1 Å². The minimum Gasteiger partial charge on any atom is -0.309 e. The number of amides is 1. The number of nitrogens with zero attached hydrogens (tertiary/aromatic N) is 3. The van der Waals surface area contributed by atoms with Crippen molar-refractivity contribution in [2.24, 2.45) is 5.18 Å². The number of aromatic nitrogens is 2. The summed E-state index contributed by atoms with van der Waals surface area (Å²) in [4.78, 5) is 32.5. The van der Waals surface area contributed by atoms with E-state index in [1.807, 2.05) is 13.8 Å². The first-order chi connectivity index (χ1) is 17.8. The van der Waals surface area contributed by atoms with Gasteiger partial charge in [-0.3, -0.25) is 4.79 Å². The molecule has 196 valence electrons. The lowest BCUT2D eigenvalue weighted by Gasteiger charge is -2.23. The molecule has 3 aromatic rings. The third-order valence-electron chi connectivity index (χ3n) is 6.28. The standard InChI is InChI=1S/C25H22F4N4O2.C2H6/c1-13-17(21(27)23(29)22(28)20(13)26)11-19(34)32-25-24(15-5-3-2-4-6-15)31-18(12-30-25)14-7-9-16(33-35)10-8-14;1-2/h7-10,12,15H,2-6,11H2,1H3,(H,30,32,34);1-2H3. The molecule has 1 N–H and O–H groups in total. The smallest absolute Gasteiger partial charge is 0.230 e. The van der Waals surface area contributed by atoms with Crippen LogP contribution in [0.25, 0.3) is 11.3 Å². The quantitative estimate of drug-likeness (QED) is 0.158. The first-order valence-electron chi connectivity index (χ1n) is 12.2. The van der Waals surface area contributed by atoms with Crippen molar-refractivity contribution >= 4 is 17.4 Å². The van der Waals surface area contributed by atoms with E-state index < -0.39 is 46.7 Å². The van der Waals surface area contributed by atoms with Crippen LogP contribution in [0.3, 0.4) is 0 Å². The summed E-state index contributed by atoms with van der Waals surface area (Å²) < 4.78 is 55.3. The van der Waals surface area contributed by atoms with Gasteiger partial charge in [-0.15, -0.1) is 4.91 Å². The zero-order valence-electron chi connectivity index (χ0n) is 20.9. The highest BCUT2D eigenvalue weighted by atomic mass is 19.2. The van der Waals surface area contributed by atoms with Crippen LogP contribution in [-0.4, -0.2) is 15.9 Å². The van der Waals surface area contributed by atoms with Gasteiger partial charge >= 0.3 is 0 Å². The molecule has 0 saturated heterocycles. The van der Waals surface area contributed by atoms with Crippen LogP contribution < -0.4 is 5.32 Å². The summed E-state index contributed by atoms with van der Waals surface area (Å²) in [6, 6.07) is 6.48. The molecule has 0 spiro atoms. The number of benzene rings is 2. The number of rotatable bonds is 6. The predicted molar refractivity (Wildman–Crippen MR) is 133 cm³/mol. The highest BCUT2D eigenvalue weighted by Crippen LogP contribution is 2.36. The Morgan fingerprint density at radius 2 is 1.59 bits per heavy atom. The Balaban J connectivity index is 0.00000186. The van der Waals surface area contributed by atoms with Gasteiger partial charge in [-0.05, 0) is 42.6 Å². The fourth-order valence-electron chi connectivity index (χ4n) is 4.33. The summed E-state index contributed by atoms with van der Waals surface area (Å²) in [7, 11) is 0. The van der Waals surface area contributed by atoms with E-state index in [1.54, 1.807) is 24.3 Å². The Hall–Kier alpha value is -3.69. The highest BCUT2D eigenvalue weighted by Gasteiger charge is 2.26. The molecule has 0 radical (unpaired) electrons. The van der Waals surface area contributed by atoms with Crippen LogP contribution in [0.15, 0.2) is 35.6 Å². The summed E-state index contributed by atoms with van der Waals surface area (Å²) in [5.74, 6) is -7.56. The van der Waals surface area contributed by atoms with Gasteiger partial charge in [0.1, 0.15) is 5.69 Å². The largest absolute Gasteiger partial charge is 0.309 e. The molecule has 4 rings (SSSR count). The van der Waals surface area contributed by atoms with E-state index in [0.717, 1.165) is 39.0 Å². The second-order valence-corrected chi connectivity index (χ2v) is 8.55. The van der Waals surface area contributed by atoms with E-state index in [0.29, 0.717) is 17.0 Å². The first kappa shape index (κ1) is 27.9. The molecule has 1 amide bonds. The number of nitroso groups, excluding NO2 is 1. The fourth-order valence-corrected chi connectivity index (χ4v) is 4.33. The monoisotopic (exact) mass is 516 g/mol. The molecule has 0 bridgehead atoms. The third kappa shape index (κ3) is 6.18. The van der Waals surface area contributed by atoms with E-state index in [9.17, 15) is 27.3 Å². The van der Waals surface area contributed by atoms with Gasteiger partial charge in [0, 0.05) is 17.0 Å². The second-order valence-electron chi connectivity index (χ2n) is 8.55. The Morgan fingerprint density at radius 3 is 2.22 bits per heavy atom. The molecule has 0 atom stereocenters. The predicted octanol–water partition coefficient (Wildman–Crippen LogP) is 7.66. The Morgan fingerprint density at radius 1 is 0.973 bits per heavy atom. The molecule has 0 unspecified atom stereocenters. The average molecular weight is 517 g/mol. The molecule has 6 nitrogen and oxygen atoms in total. The number of hydrogen-bond donors (Lipinski definition) is 1. The highest BCUT2D eigenvalue weighted by molar-refractivity contribution is 5.92. The molecule has 10 heteroatoms. The van der Waals surface area contributed by atoms with Crippen LogP contribution in [0.1, 0.15) is 68.7 Å². The van der Waals surface area contributed by atoms with E-state index >= 15 is 0 Å². The lowest BCUT2D eigenvalue weighted by atomic mass is 9.86. The molecule has 1 fully saturated rings. The molecular weight excluding hydrogens is 488 g/mol. The number of nitrogens with one attached hydrogen (secondary N) is 1. The first-order valence-corrected chi connectivity index (χ1v) is 12.2. The summed E-state index contributed by atoms with van der Waals surface area (Å²) in [5.41, 5.74) is 1.03.